The summed E-state index contributed by atoms with van der Waals surface area (Å²) in [7, 11) is 0. The molecule has 1 aliphatic rings. The van der Waals surface area contributed by atoms with Crippen molar-refractivity contribution in [3.63, 3.8) is 0 Å². The molecule has 0 bridgehead atoms. The van der Waals surface area contributed by atoms with Gasteiger partial charge >= 0.3 is 5.17 Å². The Labute approximate surface area is 98.6 Å². The quantitative estimate of drug-likeness (QED) is 0.644. The van der Waals surface area contributed by atoms with Crippen molar-refractivity contribution in [1.29, 1.82) is 0 Å². The molecule has 1 aliphatic carbocycles. The van der Waals surface area contributed by atoms with Gasteiger partial charge in [-0.3, -0.25) is 5.11 Å². The summed E-state index contributed by atoms with van der Waals surface area (Å²) >= 11 is 4.54. The molecule has 0 aromatic heterocycles. The van der Waals surface area contributed by atoms with Gasteiger partial charge in [-0.25, -0.2) is 0 Å². The highest BCUT2D eigenvalue weighted by atomic mass is 32.1. The Kier molecular flexibility index (Phi) is 1.94. The summed E-state index contributed by atoms with van der Waals surface area (Å²) in [6.07, 6.45) is 0. The lowest BCUT2D eigenvalue weighted by molar-refractivity contribution is 0.440. The van der Waals surface area contributed by atoms with Gasteiger partial charge in [-0.2, -0.15) is 0 Å². The number of fused-ring (bicyclic) bond motifs is 4. The molecule has 0 heterocycles. The third-order valence-corrected chi connectivity index (χ3v) is 2.89. The van der Waals surface area contributed by atoms with E-state index >= 15 is 0 Å². The number of anilines is 1. The molecule has 0 saturated heterocycles. The maximum atomic E-state index is 10.9. The Morgan fingerprint density at radius 1 is 0.938 bits per heavy atom. The van der Waals surface area contributed by atoms with Crippen LogP contribution in [0.5, 0.6) is 0 Å². The first-order chi connectivity index (χ1) is 7.77. The molecule has 77 valence electrons. The topological polar surface area (TPSA) is 31.9 Å². The molecule has 0 fully saturated rings. The van der Waals surface area contributed by atoms with Crippen LogP contribution in [0.15, 0.2) is 42.5 Å². The Hall–Kier alpha value is -1.87. The smallest absolute Gasteiger partial charge is 0.312 e. The monoisotopic (exact) mass is 226 g/mol. The lowest BCUT2D eigenvalue weighted by atomic mass is 9.80. The molecule has 0 spiro atoms. The van der Waals surface area contributed by atoms with Crippen molar-refractivity contribution in [3.8, 4) is 22.3 Å². The van der Waals surface area contributed by atoms with Gasteiger partial charge in [0.1, 0.15) is 0 Å². The molecule has 0 aliphatic heterocycles. The Morgan fingerprint density at radius 3 is 2.38 bits per heavy atom. The maximum absolute atomic E-state index is 10.9. The lowest BCUT2D eigenvalue weighted by Crippen LogP contribution is -2.09. The van der Waals surface area contributed by atoms with Gasteiger partial charge in [-0.05, 0) is 35.0 Å². The Morgan fingerprint density at radius 2 is 1.62 bits per heavy atom. The van der Waals surface area contributed by atoms with Crippen molar-refractivity contribution in [2.75, 3.05) is 5.32 Å². The number of benzene rings is 2. The van der Waals surface area contributed by atoms with Crippen molar-refractivity contribution in [1.82, 2.24) is 0 Å². The first-order valence-electron chi connectivity index (χ1n) is 4.98. The number of hydrogen-bond donors (Lipinski definition) is 1. The summed E-state index contributed by atoms with van der Waals surface area (Å²) in [4.78, 5) is 0. The molecule has 1 N–H and O–H groups in total. The van der Waals surface area contributed by atoms with Gasteiger partial charge in [0.15, 0.2) is 0 Å². The molecule has 0 amide bonds. The van der Waals surface area contributed by atoms with E-state index in [2.05, 4.69) is 35.7 Å². The first-order valence-corrected chi connectivity index (χ1v) is 5.39. The molecule has 1 radical (unpaired) electrons. The highest BCUT2D eigenvalue weighted by Crippen LogP contribution is 2.50. The molecule has 2 aromatic carbocycles. The molecular formula is C13H8NOS. The second-order valence-electron chi connectivity index (χ2n) is 3.69. The number of nitrogens with one attached hydrogen (secondary N) is 1. The average Bonchev–Trinajstić information content (AvgIpc) is 2.24. The lowest BCUT2D eigenvalue weighted by Gasteiger charge is -2.26. The van der Waals surface area contributed by atoms with Crippen LogP contribution in [0.4, 0.5) is 5.69 Å². The van der Waals surface area contributed by atoms with Crippen molar-refractivity contribution in [3.05, 3.63) is 42.5 Å². The molecule has 0 atom stereocenters. The molecule has 16 heavy (non-hydrogen) atoms. The normalized spacial score (nSPS) is 11.0. The minimum absolute atomic E-state index is 0.446. The fourth-order valence-corrected chi connectivity index (χ4v) is 2.26. The van der Waals surface area contributed by atoms with Crippen molar-refractivity contribution in [2.45, 2.75) is 0 Å². The van der Waals surface area contributed by atoms with E-state index in [0.29, 0.717) is 0 Å². The van der Waals surface area contributed by atoms with Crippen LogP contribution < -0.4 is 5.32 Å². The van der Waals surface area contributed by atoms with Crippen LogP contribution in [0.25, 0.3) is 22.3 Å². The molecule has 2 aromatic rings. The van der Waals surface area contributed by atoms with E-state index in [4.69, 9.17) is 0 Å². The number of thiocarbonyl (C=S) groups is 1. The SMILES string of the molecule is [O]C(=S)Nc1cccc2c1-c1ccccc1-2. The van der Waals surface area contributed by atoms with E-state index in [1.165, 1.54) is 16.7 Å². The van der Waals surface area contributed by atoms with Crippen molar-refractivity contribution < 1.29 is 5.11 Å². The summed E-state index contributed by atoms with van der Waals surface area (Å²) in [6.45, 7) is 0. The van der Waals surface area contributed by atoms with E-state index in [0.717, 1.165) is 11.3 Å². The maximum Gasteiger partial charge on any atom is 0.314 e. The van der Waals surface area contributed by atoms with E-state index < -0.39 is 5.17 Å². The predicted molar refractivity (Wildman–Crippen MR) is 67.8 cm³/mol. The predicted octanol–water partition coefficient (Wildman–Crippen LogP) is 3.46. The van der Waals surface area contributed by atoms with Gasteiger partial charge in [-0.15, -0.1) is 0 Å². The molecular weight excluding hydrogens is 218 g/mol. The van der Waals surface area contributed by atoms with Crippen molar-refractivity contribution >= 4 is 23.1 Å². The van der Waals surface area contributed by atoms with Gasteiger partial charge < -0.3 is 5.32 Å². The third-order valence-electron chi connectivity index (χ3n) is 2.79. The number of hydrogen-bond acceptors (Lipinski definition) is 1. The molecule has 0 saturated carbocycles. The molecule has 3 rings (SSSR count). The third kappa shape index (κ3) is 1.22. The summed E-state index contributed by atoms with van der Waals surface area (Å²) in [5.74, 6) is 0. The zero-order valence-corrected chi connectivity index (χ0v) is 9.17. The van der Waals surface area contributed by atoms with Gasteiger partial charge in [-0.1, -0.05) is 36.4 Å². The van der Waals surface area contributed by atoms with E-state index in [1.807, 2.05) is 24.3 Å². The van der Waals surface area contributed by atoms with Gasteiger partial charge in [0.25, 0.3) is 0 Å². The first kappa shape index (κ1) is 9.36. The van der Waals surface area contributed by atoms with Crippen LogP contribution >= 0.6 is 12.2 Å². The largest absolute Gasteiger partial charge is 0.314 e. The van der Waals surface area contributed by atoms with Crippen LogP contribution in [-0.2, 0) is 5.11 Å². The zero-order valence-electron chi connectivity index (χ0n) is 8.36. The van der Waals surface area contributed by atoms with Crippen LogP contribution in [0.3, 0.4) is 0 Å². The van der Waals surface area contributed by atoms with Crippen LogP contribution in [0.1, 0.15) is 0 Å². The zero-order chi connectivity index (χ0) is 11.1. The molecule has 0 unspecified atom stereocenters. The van der Waals surface area contributed by atoms with Gasteiger partial charge in [0.2, 0.25) is 0 Å². The van der Waals surface area contributed by atoms with Gasteiger partial charge in [0.05, 0.1) is 5.69 Å². The Bertz CT molecular complexity index is 592. The van der Waals surface area contributed by atoms with Crippen molar-refractivity contribution in [2.24, 2.45) is 0 Å². The van der Waals surface area contributed by atoms with E-state index in [1.54, 1.807) is 0 Å². The van der Waals surface area contributed by atoms with Crippen LogP contribution in [-0.4, -0.2) is 5.17 Å². The summed E-state index contributed by atoms with van der Waals surface area (Å²) in [5.41, 5.74) is 5.49. The van der Waals surface area contributed by atoms with E-state index in [-0.39, 0.29) is 0 Å². The van der Waals surface area contributed by atoms with Crippen LogP contribution in [0, 0.1) is 0 Å². The minimum atomic E-state index is -0.446. The van der Waals surface area contributed by atoms with Gasteiger partial charge in [0, 0.05) is 5.56 Å². The number of rotatable bonds is 1. The second-order valence-corrected chi connectivity index (χ2v) is 4.06. The summed E-state index contributed by atoms with van der Waals surface area (Å²) < 4.78 is 0. The highest BCUT2D eigenvalue weighted by Gasteiger charge is 2.24. The fourth-order valence-electron chi connectivity index (χ4n) is 2.15. The van der Waals surface area contributed by atoms with E-state index in [9.17, 15) is 5.11 Å². The van der Waals surface area contributed by atoms with Crippen LogP contribution in [0.2, 0.25) is 0 Å². The standard InChI is InChI=1S/C13H8NOS/c15-13(16)14-11-7-3-6-10-8-4-1-2-5-9(8)12(10)11/h1-7H,(H,14,16). The molecule has 2 nitrogen and oxygen atoms in total. The summed E-state index contributed by atoms with van der Waals surface area (Å²) in [5, 5.41) is 13.2. The fraction of sp³-hybridized carbons (Fsp3) is 0. The summed E-state index contributed by atoms with van der Waals surface area (Å²) in [6, 6.07) is 14.0. The minimum Gasteiger partial charge on any atom is -0.312 e. The molecule has 3 heteroatoms. The Balaban J connectivity index is 2.14. The highest BCUT2D eigenvalue weighted by molar-refractivity contribution is 7.80. The average molecular weight is 226 g/mol. The second kappa shape index (κ2) is 3.32.